The SMILES string of the molecule is CC[C@H]1CN(C(=O)Nc2cc(F)ccc2F)c2cc(Cl)ccc2O1. The molecule has 1 aliphatic rings. The van der Waals surface area contributed by atoms with Gasteiger partial charge in [0.1, 0.15) is 23.5 Å². The molecule has 0 unspecified atom stereocenters. The number of amides is 2. The molecule has 4 nitrogen and oxygen atoms in total. The molecular weight excluding hydrogens is 338 g/mol. The molecule has 3 rings (SSSR count). The molecule has 0 saturated carbocycles. The zero-order chi connectivity index (χ0) is 17.3. The van der Waals surface area contributed by atoms with Crippen LogP contribution in [0.1, 0.15) is 13.3 Å². The molecular formula is C17H15ClF2N2O2. The van der Waals surface area contributed by atoms with E-state index in [2.05, 4.69) is 5.32 Å². The minimum absolute atomic E-state index is 0.193. The number of hydrogen-bond acceptors (Lipinski definition) is 2. The van der Waals surface area contributed by atoms with Crippen LogP contribution in [0.4, 0.5) is 25.0 Å². The first-order chi connectivity index (χ1) is 11.5. The number of nitrogens with zero attached hydrogens (tertiary/aromatic N) is 1. The van der Waals surface area contributed by atoms with Crippen LogP contribution in [0.5, 0.6) is 5.75 Å². The monoisotopic (exact) mass is 352 g/mol. The van der Waals surface area contributed by atoms with Gasteiger partial charge in [0.25, 0.3) is 0 Å². The zero-order valence-corrected chi connectivity index (χ0v) is 13.6. The van der Waals surface area contributed by atoms with Gasteiger partial charge in [-0.1, -0.05) is 18.5 Å². The van der Waals surface area contributed by atoms with E-state index in [-0.39, 0.29) is 18.3 Å². The van der Waals surface area contributed by atoms with Crippen LogP contribution in [0.25, 0.3) is 0 Å². The fourth-order valence-electron chi connectivity index (χ4n) is 2.50. The molecule has 2 amide bonds. The predicted molar refractivity (Wildman–Crippen MR) is 88.9 cm³/mol. The molecule has 2 aromatic carbocycles. The van der Waals surface area contributed by atoms with Gasteiger partial charge in [-0.3, -0.25) is 4.90 Å². The minimum Gasteiger partial charge on any atom is -0.486 e. The Morgan fingerprint density at radius 3 is 2.88 bits per heavy atom. The van der Waals surface area contributed by atoms with Crippen molar-refractivity contribution in [1.82, 2.24) is 0 Å². The molecule has 0 aliphatic carbocycles. The van der Waals surface area contributed by atoms with Crippen molar-refractivity contribution < 1.29 is 18.3 Å². The molecule has 0 aromatic heterocycles. The van der Waals surface area contributed by atoms with Crippen LogP contribution in [-0.4, -0.2) is 18.7 Å². The number of hydrogen-bond donors (Lipinski definition) is 1. The van der Waals surface area contributed by atoms with E-state index in [0.717, 1.165) is 18.2 Å². The van der Waals surface area contributed by atoms with Crippen molar-refractivity contribution in [2.24, 2.45) is 0 Å². The summed E-state index contributed by atoms with van der Waals surface area (Å²) in [6.07, 6.45) is 0.502. The second kappa shape index (κ2) is 6.65. The Morgan fingerprint density at radius 2 is 2.12 bits per heavy atom. The average Bonchev–Trinajstić information content (AvgIpc) is 2.57. The lowest BCUT2D eigenvalue weighted by Crippen LogP contribution is -2.45. The van der Waals surface area contributed by atoms with Crippen molar-refractivity contribution >= 4 is 29.0 Å². The van der Waals surface area contributed by atoms with Crippen molar-refractivity contribution in [2.75, 3.05) is 16.8 Å². The lowest BCUT2D eigenvalue weighted by Gasteiger charge is -2.34. The highest BCUT2D eigenvalue weighted by molar-refractivity contribution is 6.31. The number of urea groups is 1. The zero-order valence-electron chi connectivity index (χ0n) is 12.9. The Labute approximate surface area is 143 Å². The first-order valence-electron chi connectivity index (χ1n) is 7.47. The number of rotatable bonds is 2. The van der Waals surface area contributed by atoms with E-state index in [1.807, 2.05) is 6.92 Å². The van der Waals surface area contributed by atoms with Gasteiger partial charge >= 0.3 is 6.03 Å². The predicted octanol–water partition coefficient (Wildman–Crippen LogP) is 4.83. The molecule has 0 bridgehead atoms. The maximum atomic E-state index is 13.8. The molecule has 126 valence electrons. The number of nitrogens with one attached hydrogen (secondary N) is 1. The first-order valence-corrected chi connectivity index (χ1v) is 7.85. The fourth-order valence-corrected chi connectivity index (χ4v) is 2.67. The number of carbonyl (C=O) groups is 1. The van der Waals surface area contributed by atoms with E-state index in [0.29, 0.717) is 22.9 Å². The molecule has 2 aromatic rings. The van der Waals surface area contributed by atoms with E-state index in [1.165, 1.54) is 4.90 Å². The third-order valence-electron chi connectivity index (χ3n) is 3.76. The van der Waals surface area contributed by atoms with Gasteiger partial charge in [0, 0.05) is 11.1 Å². The van der Waals surface area contributed by atoms with Crippen molar-refractivity contribution in [2.45, 2.75) is 19.4 Å². The number of ether oxygens (including phenoxy) is 1. The van der Waals surface area contributed by atoms with Crippen LogP contribution in [0, 0.1) is 11.6 Å². The molecule has 1 aliphatic heterocycles. The summed E-state index contributed by atoms with van der Waals surface area (Å²) in [5, 5.41) is 2.85. The lowest BCUT2D eigenvalue weighted by molar-refractivity contribution is 0.188. The Kier molecular flexibility index (Phi) is 4.57. The third kappa shape index (κ3) is 3.28. The standard InChI is InChI=1S/C17H15ClF2N2O2/c1-2-12-9-22(15-7-10(18)3-6-16(15)24-12)17(23)21-14-8-11(19)4-5-13(14)20/h3-8,12H,2,9H2,1H3,(H,21,23)/t12-/m0/s1. The van der Waals surface area contributed by atoms with Crippen LogP contribution in [-0.2, 0) is 0 Å². The largest absolute Gasteiger partial charge is 0.486 e. The highest BCUT2D eigenvalue weighted by Gasteiger charge is 2.29. The van der Waals surface area contributed by atoms with E-state index in [4.69, 9.17) is 16.3 Å². The number of fused-ring (bicyclic) bond motifs is 1. The van der Waals surface area contributed by atoms with Crippen LogP contribution in [0.2, 0.25) is 5.02 Å². The molecule has 0 radical (unpaired) electrons. The van der Waals surface area contributed by atoms with E-state index in [1.54, 1.807) is 18.2 Å². The fraction of sp³-hybridized carbons (Fsp3) is 0.235. The summed E-state index contributed by atoms with van der Waals surface area (Å²) in [6, 6.07) is 7.26. The quantitative estimate of drug-likeness (QED) is 0.841. The smallest absolute Gasteiger partial charge is 0.326 e. The lowest BCUT2D eigenvalue weighted by atomic mass is 10.1. The van der Waals surface area contributed by atoms with E-state index in [9.17, 15) is 13.6 Å². The van der Waals surface area contributed by atoms with Crippen molar-refractivity contribution in [3.63, 3.8) is 0 Å². The molecule has 0 spiro atoms. The molecule has 1 heterocycles. The van der Waals surface area contributed by atoms with Crippen LogP contribution in [0.15, 0.2) is 36.4 Å². The minimum atomic E-state index is -0.712. The van der Waals surface area contributed by atoms with Crippen molar-refractivity contribution in [1.29, 1.82) is 0 Å². The molecule has 1 atom stereocenters. The maximum Gasteiger partial charge on any atom is 0.326 e. The highest BCUT2D eigenvalue weighted by atomic mass is 35.5. The summed E-state index contributed by atoms with van der Waals surface area (Å²) in [5.41, 5.74) is 0.268. The van der Waals surface area contributed by atoms with Gasteiger partial charge in [0.05, 0.1) is 17.9 Å². The normalized spacial score (nSPS) is 16.3. The molecule has 24 heavy (non-hydrogen) atoms. The third-order valence-corrected chi connectivity index (χ3v) is 4.00. The molecule has 0 saturated heterocycles. The number of benzene rings is 2. The topological polar surface area (TPSA) is 41.6 Å². The van der Waals surface area contributed by atoms with Crippen LogP contribution in [0.3, 0.4) is 0 Å². The number of anilines is 2. The molecule has 7 heteroatoms. The summed E-state index contributed by atoms with van der Waals surface area (Å²) in [4.78, 5) is 14.0. The molecule has 1 N–H and O–H groups in total. The summed E-state index contributed by atoms with van der Waals surface area (Å²) in [7, 11) is 0. The summed E-state index contributed by atoms with van der Waals surface area (Å²) in [6.45, 7) is 2.22. The van der Waals surface area contributed by atoms with Gasteiger partial charge in [-0.05, 0) is 36.8 Å². The average molecular weight is 353 g/mol. The van der Waals surface area contributed by atoms with Gasteiger partial charge in [0.15, 0.2) is 0 Å². The van der Waals surface area contributed by atoms with Gasteiger partial charge in [0.2, 0.25) is 0 Å². The number of carbonyl (C=O) groups excluding carboxylic acids is 1. The Bertz CT molecular complexity index is 785. The maximum absolute atomic E-state index is 13.8. The van der Waals surface area contributed by atoms with Crippen LogP contribution >= 0.6 is 11.6 Å². The second-order valence-electron chi connectivity index (χ2n) is 5.43. The highest BCUT2D eigenvalue weighted by Crippen LogP contribution is 2.36. The molecule has 0 fully saturated rings. The van der Waals surface area contributed by atoms with Gasteiger partial charge in [-0.2, -0.15) is 0 Å². The Morgan fingerprint density at radius 1 is 1.33 bits per heavy atom. The second-order valence-corrected chi connectivity index (χ2v) is 5.86. The van der Waals surface area contributed by atoms with Crippen molar-refractivity contribution in [3.8, 4) is 5.75 Å². The van der Waals surface area contributed by atoms with Crippen molar-refractivity contribution in [3.05, 3.63) is 53.1 Å². The summed E-state index contributed by atoms with van der Waals surface area (Å²) < 4.78 is 32.8. The van der Waals surface area contributed by atoms with Gasteiger partial charge in [-0.25, -0.2) is 13.6 Å². The van der Waals surface area contributed by atoms with Gasteiger partial charge < -0.3 is 10.1 Å². The van der Waals surface area contributed by atoms with E-state index < -0.39 is 17.7 Å². The summed E-state index contributed by atoms with van der Waals surface area (Å²) >= 11 is 6.00. The van der Waals surface area contributed by atoms with E-state index >= 15 is 0 Å². The number of halogens is 3. The Balaban J connectivity index is 1.91. The summed E-state index contributed by atoms with van der Waals surface area (Å²) in [5.74, 6) is -0.827. The first kappa shape index (κ1) is 16.5. The Hall–Kier alpha value is -2.34. The van der Waals surface area contributed by atoms with Crippen LogP contribution < -0.4 is 15.0 Å². The van der Waals surface area contributed by atoms with Gasteiger partial charge in [-0.15, -0.1) is 0 Å².